The predicted molar refractivity (Wildman–Crippen MR) is 81.3 cm³/mol. The Morgan fingerprint density at radius 1 is 1.40 bits per heavy atom. The molecule has 3 heteroatoms. The molecule has 0 saturated heterocycles. The lowest BCUT2D eigenvalue weighted by Gasteiger charge is -2.27. The van der Waals surface area contributed by atoms with Crippen LogP contribution in [0.5, 0.6) is 0 Å². The highest BCUT2D eigenvalue weighted by molar-refractivity contribution is 5.87. The first kappa shape index (κ1) is 17.2. The summed E-state index contributed by atoms with van der Waals surface area (Å²) in [5.41, 5.74) is 0.465. The molecular weight excluding hydrogens is 252 g/mol. The Hall–Kier alpha value is -0.830. The van der Waals surface area contributed by atoms with Gasteiger partial charge in [-0.25, -0.2) is 4.79 Å². The monoisotopic (exact) mass is 282 g/mol. The summed E-state index contributed by atoms with van der Waals surface area (Å²) in [4.78, 5) is 11.7. The number of ether oxygens (including phenoxy) is 1. The molecule has 116 valence electrons. The number of carbonyl (C=O) groups is 1. The van der Waals surface area contributed by atoms with E-state index in [1.165, 1.54) is 6.42 Å². The van der Waals surface area contributed by atoms with E-state index in [9.17, 15) is 9.90 Å². The summed E-state index contributed by atoms with van der Waals surface area (Å²) in [7, 11) is 0. The summed E-state index contributed by atoms with van der Waals surface area (Å²) >= 11 is 0. The standard InChI is InChI=1S/C17H30O3/c1-12(2)10-16(20-17(19)13(3)4)9-8-14-6-5-7-15(18)11-14/h12,14-16,18H,3,5-11H2,1-2,4H3. The summed E-state index contributed by atoms with van der Waals surface area (Å²) in [5, 5.41) is 9.71. The molecular formula is C17H30O3. The van der Waals surface area contributed by atoms with E-state index in [-0.39, 0.29) is 18.2 Å². The molecule has 1 saturated carbocycles. The van der Waals surface area contributed by atoms with Crippen LogP contribution in [0.4, 0.5) is 0 Å². The summed E-state index contributed by atoms with van der Waals surface area (Å²) in [6.45, 7) is 9.62. The van der Waals surface area contributed by atoms with Crippen molar-refractivity contribution < 1.29 is 14.6 Å². The Balaban J connectivity index is 2.43. The Labute approximate surface area is 123 Å². The van der Waals surface area contributed by atoms with Crippen LogP contribution in [-0.4, -0.2) is 23.3 Å². The number of hydrogen-bond donors (Lipinski definition) is 1. The first-order valence-corrected chi connectivity index (χ1v) is 7.93. The zero-order valence-electron chi connectivity index (χ0n) is 13.2. The third-order valence-electron chi connectivity index (χ3n) is 4.01. The van der Waals surface area contributed by atoms with E-state index in [4.69, 9.17) is 4.74 Å². The average molecular weight is 282 g/mol. The number of aliphatic hydroxyl groups excluding tert-OH is 1. The van der Waals surface area contributed by atoms with Gasteiger partial charge in [0.2, 0.25) is 0 Å². The van der Waals surface area contributed by atoms with E-state index >= 15 is 0 Å². The van der Waals surface area contributed by atoms with Crippen LogP contribution < -0.4 is 0 Å². The minimum absolute atomic E-state index is 0.0155. The molecule has 3 nitrogen and oxygen atoms in total. The van der Waals surface area contributed by atoms with Gasteiger partial charge >= 0.3 is 5.97 Å². The first-order chi connectivity index (χ1) is 9.38. The third-order valence-corrected chi connectivity index (χ3v) is 4.01. The van der Waals surface area contributed by atoms with E-state index in [1.54, 1.807) is 6.92 Å². The van der Waals surface area contributed by atoms with Crippen molar-refractivity contribution >= 4 is 5.97 Å². The summed E-state index contributed by atoms with van der Waals surface area (Å²) in [5.74, 6) is 0.811. The van der Waals surface area contributed by atoms with Crippen molar-refractivity contribution in [2.75, 3.05) is 0 Å². The lowest BCUT2D eigenvalue weighted by atomic mass is 9.83. The molecule has 0 aromatic carbocycles. The number of esters is 1. The van der Waals surface area contributed by atoms with E-state index in [2.05, 4.69) is 20.4 Å². The van der Waals surface area contributed by atoms with Crippen LogP contribution in [0.15, 0.2) is 12.2 Å². The van der Waals surface area contributed by atoms with Gasteiger partial charge in [0.05, 0.1) is 6.10 Å². The molecule has 3 unspecified atom stereocenters. The van der Waals surface area contributed by atoms with Crippen LogP contribution in [0.1, 0.15) is 65.7 Å². The molecule has 0 spiro atoms. The highest BCUT2D eigenvalue weighted by Gasteiger charge is 2.23. The lowest BCUT2D eigenvalue weighted by Crippen LogP contribution is -2.24. The molecule has 0 bridgehead atoms. The highest BCUT2D eigenvalue weighted by Crippen LogP contribution is 2.29. The van der Waals surface area contributed by atoms with Crippen LogP contribution >= 0.6 is 0 Å². The van der Waals surface area contributed by atoms with Gasteiger partial charge in [-0.05, 0) is 50.9 Å². The van der Waals surface area contributed by atoms with Gasteiger partial charge in [-0.3, -0.25) is 0 Å². The lowest BCUT2D eigenvalue weighted by molar-refractivity contribution is -0.145. The van der Waals surface area contributed by atoms with Gasteiger partial charge in [0.1, 0.15) is 6.10 Å². The maximum absolute atomic E-state index is 11.7. The maximum Gasteiger partial charge on any atom is 0.333 e. The first-order valence-electron chi connectivity index (χ1n) is 7.93. The fourth-order valence-corrected chi connectivity index (χ4v) is 2.95. The van der Waals surface area contributed by atoms with E-state index in [0.29, 0.717) is 17.4 Å². The van der Waals surface area contributed by atoms with E-state index in [0.717, 1.165) is 38.5 Å². The summed E-state index contributed by atoms with van der Waals surface area (Å²) in [6, 6.07) is 0. The molecule has 0 aromatic heterocycles. The fourth-order valence-electron chi connectivity index (χ4n) is 2.95. The van der Waals surface area contributed by atoms with Gasteiger partial charge in [-0.15, -0.1) is 0 Å². The van der Waals surface area contributed by atoms with Crippen LogP contribution in [0.25, 0.3) is 0 Å². The molecule has 1 fully saturated rings. The average Bonchev–Trinajstić information content (AvgIpc) is 2.35. The molecule has 20 heavy (non-hydrogen) atoms. The Morgan fingerprint density at radius 2 is 2.10 bits per heavy atom. The van der Waals surface area contributed by atoms with Crippen LogP contribution in [0.3, 0.4) is 0 Å². The Morgan fingerprint density at radius 3 is 2.65 bits per heavy atom. The molecule has 0 heterocycles. The van der Waals surface area contributed by atoms with Crippen molar-refractivity contribution in [2.24, 2.45) is 11.8 Å². The van der Waals surface area contributed by atoms with Gasteiger partial charge in [-0.2, -0.15) is 0 Å². The second kappa shape index (κ2) is 8.46. The third kappa shape index (κ3) is 6.56. The Kier molecular flexibility index (Phi) is 7.28. The zero-order chi connectivity index (χ0) is 15.1. The van der Waals surface area contributed by atoms with Crippen molar-refractivity contribution in [3.63, 3.8) is 0 Å². The molecule has 1 rings (SSSR count). The van der Waals surface area contributed by atoms with Crippen molar-refractivity contribution in [3.8, 4) is 0 Å². The smallest absolute Gasteiger partial charge is 0.333 e. The highest BCUT2D eigenvalue weighted by atomic mass is 16.5. The molecule has 3 atom stereocenters. The molecule has 1 N–H and O–H groups in total. The SMILES string of the molecule is C=C(C)C(=O)OC(CCC1CCCC(O)C1)CC(C)C. The maximum atomic E-state index is 11.7. The molecule has 0 aromatic rings. The van der Waals surface area contributed by atoms with Crippen LogP contribution in [-0.2, 0) is 9.53 Å². The van der Waals surface area contributed by atoms with Gasteiger partial charge < -0.3 is 9.84 Å². The van der Waals surface area contributed by atoms with Crippen molar-refractivity contribution in [2.45, 2.75) is 77.9 Å². The number of hydrogen-bond acceptors (Lipinski definition) is 3. The number of aliphatic hydroxyl groups is 1. The van der Waals surface area contributed by atoms with E-state index < -0.39 is 0 Å². The molecule has 1 aliphatic rings. The van der Waals surface area contributed by atoms with Crippen LogP contribution in [0, 0.1) is 11.8 Å². The molecule has 1 aliphatic carbocycles. The fraction of sp³-hybridized carbons (Fsp3) is 0.824. The zero-order valence-corrected chi connectivity index (χ0v) is 13.2. The second-order valence-electron chi connectivity index (χ2n) is 6.70. The van der Waals surface area contributed by atoms with Gasteiger partial charge in [0.25, 0.3) is 0 Å². The molecule has 0 aliphatic heterocycles. The summed E-state index contributed by atoms with van der Waals surface area (Å²) < 4.78 is 5.54. The Bertz CT molecular complexity index is 322. The van der Waals surface area contributed by atoms with Crippen molar-refractivity contribution in [3.05, 3.63) is 12.2 Å². The summed E-state index contributed by atoms with van der Waals surface area (Å²) in [6.07, 6.45) is 6.85. The minimum atomic E-state index is -0.278. The normalized spacial score (nSPS) is 24.4. The minimum Gasteiger partial charge on any atom is -0.459 e. The quantitative estimate of drug-likeness (QED) is 0.570. The van der Waals surface area contributed by atoms with E-state index in [1.807, 2.05) is 0 Å². The van der Waals surface area contributed by atoms with Gasteiger partial charge in [-0.1, -0.05) is 33.3 Å². The molecule has 0 amide bonds. The van der Waals surface area contributed by atoms with Crippen LogP contribution in [0.2, 0.25) is 0 Å². The van der Waals surface area contributed by atoms with Crippen molar-refractivity contribution in [1.29, 1.82) is 0 Å². The van der Waals surface area contributed by atoms with Gasteiger partial charge in [0, 0.05) is 5.57 Å². The molecule has 0 radical (unpaired) electrons. The number of carbonyl (C=O) groups excluding carboxylic acids is 1. The number of rotatable bonds is 7. The largest absolute Gasteiger partial charge is 0.459 e. The van der Waals surface area contributed by atoms with Gasteiger partial charge in [0.15, 0.2) is 0 Å². The van der Waals surface area contributed by atoms with Crippen molar-refractivity contribution in [1.82, 2.24) is 0 Å². The second-order valence-corrected chi connectivity index (χ2v) is 6.70. The predicted octanol–water partition coefficient (Wildman–Crippen LogP) is 3.85. The topological polar surface area (TPSA) is 46.5 Å².